The average Bonchev–Trinajstić information content (AvgIpc) is 2.63. The number of aromatic nitrogens is 2. The van der Waals surface area contributed by atoms with Gasteiger partial charge in [-0.2, -0.15) is 0 Å². The molecule has 0 saturated heterocycles. The normalized spacial score (nSPS) is 10.1. The van der Waals surface area contributed by atoms with Crippen LogP contribution in [0.4, 0.5) is 10.2 Å². The van der Waals surface area contributed by atoms with Crippen LogP contribution in [-0.2, 0) is 7.05 Å². The highest BCUT2D eigenvalue weighted by molar-refractivity contribution is 9.10. The van der Waals surface area contributed by atoms with Gasteiger partial charge >= 0.3 is 0 Å². The Morgan fingerprint density at radius 1 is 1.50 bits per heavy atom. The smallest absolute Gasteiger partial charge is 0.288 e. The van der Waals surface area contributed by atoms with Crippen molar-refractivity contribution in [3.63, 3.8) is 0 Å². The van der Waals surface area contributed by atoms with Gasteiger partial charge < -0.3 is 9.41 Å². The molecule has 16 heavy (non-hydrogen) atoms. The molecule has 80 valence electrons. The number of hydrogen-bond donors (Lipinski definition) is 0. The van der Waals surface area contributed by atoms with Crippen LogP contribution in [0.15, 0.2) is 28.9 Å². The minimum absolute atomic E-state index is 0.300. The topological polar surface area (TPSA) is 22.2 Å². The number of nitrogens with zero attached hydrogens (tertiary/aromatic N) is 3. The molecule has 0 aliphatic heterocycles. The maximum Gasteiger partial charge on any atom is 0.288 e. The highest BCUT2D eigenvalue weighted by Crippen LogP contribution is 2.29. The standard InChI is InChI=1S/C11H7BrFN3/c1-14-10-6-16(2)11(15-10)8-5-7(13)3-4-9(8)12/h3-6H,2H3. The van der Waals surface area contributed by atoms with Gasteiger partial charge in [-0.3, -0.25) is 0 Å². The van der Waals surface area contributed by atoms with Crippen LogP contribution in [0, 0.1) is 12.4 Å². The van der Waals surface area contributed by atoms with E-state index in [0.29, 0.717) is 17.2 Å². The van der Waals surface area contributed by atoms with Crippen molar-refractivity contribution in [1.82, 2.24) is 9.55 Å². The molecule has 1 aromatic carbocycles. The monoisotopic (exact) mass is 279 g/mol. The third-order valence-corrected chi connectivity index (χ3v) is 2.84. The molecule has 5 heteroatoms. The summed E-state index contributed by atoms with van der Waals surface area (Å²) in [5, 5.41) is 0. The molecule has 2 aromatic rings. The molecule has 0 spiro atoms. The number of aryl methyl sites for hydroxylation is 1. The van der Waals surface area contributed by atoms with Crippen LogP contribution in [0.5, 0.6) is 0 Å². The summed E-state index contributed by atoms with van der Waals surface area (Å²) in [6.45, 7) is 6.88. The van der Waals surface area contributed by atoms with E-state index in [9.17, 15) is 4.39 Å². The Morgan fingerprint density at radius 2 is 2.25 bits per heavy atom. The molecule has 0 saturated carbocycles. The van der Waals surface area contributed by atoms with Gasteiger partial charge in [-0.15, -0.1) is 4.98 Å². The lowest BCUT2D eigenvalue weighted by atomic mass is 10.2. The SMILES string of the molecule is [C-]#[N+]c1cn(C)c(-c2cc(F)ccc2Br)n1. The molecule has 0 unspecified atom stereocenters. The highest BCUT2D eigenvalue weighted by atomic mass is 79.9. The second kappa shape index (κ2) is 4.06. The highest BCUT2D eigenvalue weighted by Gasteiger charge is 2.14. The van der Waals surface area contributed by atoms with Crippen LogP contribution < -0.4 is 0 Å². The van der Waals surface area contributed by atoms with Gasteiger partial charge in [0.15, 0.2) is 0 Å². The lowest BCUT2D eigenvalue weighted by Gasteiger charge is -2.01. The van der Waals surface area contributed by atoms with Gasteiger partial charge in [-0.05, 0) is 34.1 Å². The third kappa shape index (κ3) is 1.84. The summed E-state index contributed by atoms with van der Waals surface area (Å²) in [5.41, 5.74) is 0.636. The maximum atomic E-state index is 13.1. The third-order valence-electron chi connectivity index (χ3n) is 2.15. The van der Waals surface area contributed by atoms with E-state index >= 15 is 0 Å². The Bertz CT molecular complexity index is 583. The summed E-state index contributed by atoms with van der Waals surface area (Å²) in [6.07, 6.45) is 1.61. The zero-order chi connectivity index (χ0) is 11.7. The zero-order valence-corrected chi connectivity index (χ0v) is 9.99. The molecular weight excluding hydrogens is 273 g/mol. The Kier molecular flexibility index (Phi) is 2.75. The molecule has 0 aliphatic rings. The van der Waals surface area contributed by atoms with Crippen molar-refractivity contribution in [1.29, 1.82) is 0 Å². The van der Waals surface area contributed by atoms with Crippen molar-refractivity contribution in [2.45, 2.75) is 0 Å². The van der Waals surface area contributed by atoms with Crippen molar-refractivity contribution in [2.24, 2.45) is 7.05 Å². The Labute approximate surface area is 100 Å². The Hall–Kier alpha value is -1.67. The molecular formula is C11H7BrFN3. The molecule has 0 N–H and O–H groups in total. The summed E-state index contributed by atoms with van der Waals surface area (Å²) >= 11 is 3.33. The maximum absolute atomic E-state index is 13.1. The molecule has 0 fully saturated rings. The molecule has 0 atom stereocenters. The molecule has 2 rings (SSSR count). The summed E-state index contributed by atoms with van der Waals surface area (Å²) in [7, 11) is 1.77. The predicted molar refractivity (Wildman–Crippen MR) is 62.6 cm³/mol. The molecule has 0 radical (unpaired) electrons. The van der Waals surface area contributed by atoms with Gasteiger partial charge in [0.1, 0.15) is 5.82 Å². The summed E-state index contributed by atoms with van der Waals surface area (Å²) in [6, 6.07) is 4.38. The fourth-order valence-corrected chi connectivity index (χ4v) is 1.85. The molecule has 0 bridgehead atoms. The van der Waals surface area contributed by atoms with Crippen LogP contribution in [0.3, 0.4) is 0 Å². The summed E-state index contributed by atoms with van der Waals surface area (Å²) in [4.78, 5) is 7.35. The van der Waals surface area contributed by atoms with Gasteiger partial charge in [0.2, 0.25) is 5.82 Å². The Morgan fingerprint density at radius 3 is 2.88 bits per heavy atom. The van der Waals surface area contributed by atoms with E-state index in [1.807, 2.05) is 0 Å². The predicted octanol–water partition coefficient (Wildman–Crippen LogP) is 3.54. The molecule has 1 heterocycles. The minimum Gasteiger partial charge on any atom is -0.359 e. The number of benzene rings is 1. The second-order valence-corrected chi connectivity index (χ2v) is 4.12. The van der Waals surface area contributed by atoms with E-state index in [4.69, 9.17) is 6.57 Å². The van der Waals surface area contributed by atoms with E-state index < -0.39 is 0 Å². The van der Waals surface area contributed by atoms with E-state index in [1.165, 1.54) is 12.1 Å². The van der Waals surface area contributed by atoms with Gasteiger partial charge in [0, 0.05) is 17.7 Å². The van der Waals surface area contributed by atoms with Crippen LogP contribution >= 0.6 is 15.9 Å². The van der Waals surface area contributed by atoms with Gasteiger partial charge in [0.05, 0.1) is 5.56 Å². The average molecular weight is 280 g/mol. The van der Waals surface area contributed by atoms with Crippen molar-refractivity contribution >= 4 is 21.7 Å². The molecule has 1 aromatic heterocycles. The first kappa shape index (κ1) is 10.8. The number of rotatable bonds is 1. The van der Waals surface area contributed by atoms with E-state index in [-0.39, 0.29) is 5.82 Å². The van der Waals surface area contributed by atoms with Crippen molar-refractivity contribution < 1.29 is 4.39 Å². The first-order valence-electron chi connectivity index (χ1n) is 4.48. The van der Waals surface area contributed by atoms with E-state index in [2.05, 4.69) is 25.8 Å². The van der Waals surface area contributed by atoms with Crippen LogP contribution in [0.2, 0.25) is 0 Å². The number of hydrogen-bond acceptors (Lipinski definition) is 1. The first-order chi connectivity index (χ1) is 7.61. The van der Waals surface area contributed by atoms with Crippen LogP contribution in [-0.4, -0.2) is 9.55 Å². The van der Waals surface area contributed by atoms with Gasteiger partial charge in [-0.1, -0.05) is 6.57 Å². The quantitative estimate of drug-likeness (QED) is 0.732. The van der Waals surface area contributed by atoms with Crippen molar-refractivity contribution in [2.75, 3.05) is 0 Å². The zero-order valence-electron chi connectivity index (χ0n) is 8.41. The Balaban J connectivity index is 2.63. The van der Waals surface area contributed by atoms with Crippen molar-refractivity contribution in [3.05, 3.63) is 46.1 Å². The van der Waals surface area contributed by atoms with Crippen LogP contribution in [0.25, 0.3) is 16.2 Å². The fourth-order valence-electron chi connectivity index (χ4n) is 1.42. The lowest BCUT2D eigenvalue weighted by molar-refractivity contribution is 0.627. The molecule has 0 aliphatic carbocycles. The summed E-state index contributed by atoms with van der Waals surface area (Å²) in [5.74, 6) is 0.539. The number of halogens is 2. The first-order valence-corrected chi connectivity index (χ1v) is 5.27. The van der Waals surface area contributed by atoms with Gasteiger partial charge in [0.25, 0.3) is 5.82 Å². The second-order valence-electron chi connectivity index (χ2n) is 3.27. The van der Waals surface area contributed by atoms with E-state index in [0.717, 1.165) is 4.47 Å². The molecule has 3 nitrogen and oxygen atoms in total. The molecule has 0 amide bonds. The fraction of sp³-hybridized carbons (Fsp3) is 0.0909. The minimum atomic E-state index is -0.328. The van der Waals surface area contributed by atoms with Crippen molar-refractivity contribution in [3.8, 4) is 11.4 Å². The number of imidazole rings is 1. The lowest BCUT2D eigenvalue weighted by Crippen LogP contribution is -1.92. The van der Waals surface area contributed by atoms with E-state index in [1.54, 1.807) is 23.9 Å². The summed E-state index contributed by atoms with van der Waals surface area (Å²) < 4.78 is 15.6. The van der Waals surface area contributed by atoms with Gasteiger partial charge in [-0.25, -0.2) is 4.39 Å². The largest absolute Gasteiger partial charge is 0.359 e. The van der Waals surface area contributed by atoms with Crippen LogP contribution in [0.1, 0.15) is 0 Å².